The summed E-state index contributed by atoms with van der Waals surface area (Å²) in [6.45, 7) is 2.43. The van der Waals surface area contributed by atoms with Crippen LogP contribution in [0.4, 0.5) is 10.5 Å². The van der Waals surface area contributed by atoms with E-state index in [9.17, 15) is 19.5 Å². The second kappa shape index (κ2) is 9.47. The van der Waals surface area contributed by atoms with Crippen LogP contribution in [-0.2, 0) is 11.3 Å². The van der Waals surface area contributed by atoms with Crippen molar-refractivity contribution < 1.29 is 24.2 Å². The predicted molar refractivity (Wildman–Crippen MR) is 121 cm³/mol. The first-order valence-electron chi connectivity index (χ1n) is 10.3. The Morgan fingerprint density at radius 1 is 1.09 bits per heavy atom. The zero-order chi connectivity index (χ0) is 23.4. The SMILES string of the molecule is Cc1ccc(Cn2cccc(NC(=O)NC(CC(=O)O)c3ccc4c(c3)OCO4)c2=O)cc1. The second-order valence-corrected chi connectivity index (χ2v) is 7.70. The predicted octanol–water partition coefficient (Wildman–Crippen LogP) is 3.27. The second-order valence-electron chi connectivity index (χ2n) is 7.70. The molecule has 170 valence electrons. The van der Waals surface area contributed by atoms with Gasteiger partial charge in [0.2, 0.25) is 6.79 Å². The van der Waals surface area contributed by atoms with Crippen LogP contribution in [0, 0.1) is 6.92 Å². The van der Waals surface area contributed by atoms with Gasteiger partial charge in [-0.25, -0.2) is 4.79 Å². The molecule has 4 rings (SSSR count). The molecule has 9 nitrogen and oxygen atoms in total. The maximum atomic E-state index is 12.8. The molecule has 2 aromatic carbocycles. The van der Waals surface area contributed by atoms with Crippen LogP contribution in [0.2, 0.25) is 0 Å². The standard InChI is InChI=1S/C24H23N3O6/c1-15-4-6-16(7-5-15)13-27-10-2-3-18(23(27)30)25-24(31)26-19(12-22(28)29)17-8-9-20-21(11-17)33-14-32-20/h2-11,19H,12-14H2,1H3,(H,28,29)(H2,25,26,31). The molecule has 1 aliphatic heterocycles. The Morgan fingerprint density at radius 3 is 2.61 bits per heavy atom. The number of urea groups is 1. The van der Waals surface area contributed by atoms with Crippen molar-refractivity contribution in [2.24, 2.45) is 0 Å². The van der Waals surface area contributed by atoms with Gasteiger partial charge in [0.1, 0.15) is 5.69 Å². The van der Waals surface area contributed by atoms with Crippen LogP contribution in [0.25, 0.3) is 0 Å². The van der Waals surface area contributed by atoms with Gasteiger partial charge < -0.3 is 29.8 Å². The van der Waals surface area contributed by atoms with E-state index in [-0.39, 0.29) is 24.5 Å². The van der Waals surface area contributed by atoms with E-state index >= 15 is 0 Å². The molecule has 1 unspecified atom stereocenters. The van der Waals surface area contributed by atoms with E-state index in [0.717, 1.165) is 11.1 Å². The third-order valence-corrected chi connectivity index (χ3v) is 5.22. The first-order chi connectivity index (χ1) is 15.9. The number of carbonyl (C=O) groups is 2. The average Bonchev–Trinajstić information content (AvgIpc) is 3.25. The summed E-state index contributed by atoms with van der Waals surface area (Å²) in [6.07, 6.45) is 1.30. The number of aliphatic carboxylic acids is 1. The molecule has 0 saturated heterocycles. The molecule has 0 radical (unpaired) electrons. The van der Waals surface area contributed by atoms with E-state index in [1.54, 1.807) is 30.5 Å². The molecule has 1 aromatic heterocycles. The summed E-state index contributed by atoms with van der Waals surface area (Å²) in [6, 6.07) is 14.4. The van der Waals surface area contributed by atoms with E-state index in [0.29, 0.717) is 23.6 Å². The summed E-state index contributed by atoms with van der Waals surface area (Å²) in [5.41, 5.74) is 2.33. The lowest BCUT2D eigenvalue weighted by Gasteiger charge is -2.18. The van der Waals surface area contributed by atoms with Crippen molar-refractivity contribution in [1.29, 1.82) is 0 Å². The average molecular weight is 449 g/mol. The van der Waals surface area contributed by atoms with Crippen LogP contribution >= 0.6 is 0 Å². The summed E-state index contributed by atoms with van der Waals surface area (Å²) < 4.78 is 12.1. The maximum absolute atomic E-state index is 12.8. The molecule has 0 fully saturated rings. The number of amides is 2. The van der Waals surface area contributed by atoms with Gasteiger partial charge in [-0.05, 0) is 42.3 Å². The number of ether oxygens (including phenoxy) is 2. The highest BCUT2D eigenvalue weighted by Crippen LogP contribution is 2.34. The van der Waals surface area contributed by atoms with Crippen LogP contribution in [0.1, 0.15) is 29.2 Å². The van der Waals surface area contributed by atoms with Crippen LogP contribution in [-0.4, -0.2) is 28.5 Å². The molecule has 3 aromatic rings. The molecule has 2 amide bonds. The number of carboxylic acid groups (broad SMARTS) is 1. The van der Waals surface area contributed by atoms with Gasteiger partial charge in [0.25, 0.3) is 5.56 Å². The first-order valence-corrected chi connectivity index (χ1v) is 10.3. The number of nitrogens with one attached hydrogen (secondary N) is 2. The summed E-state index contributed by atoms with van der Waals surface area (Å²) in [5.74, 6) is -0.0547. The topological polar surface area (TPSA) is 119 Å². The number of anilines is 1. The molecule has 1 aliphatic rings. The molecule has 2 heterocycles. The van der Waals surface area contributed by atoms with E-state index in [1.165, 1.54) is 10.6 Å². The maximum Gasteiger partial charge on any atom is 0.319 e. The fourth-order valence-corrected chi connectivity index (χ4v) is 3.52. The molecule has 0 spiro atoms. The molecular formula is C24H23N3O6. The Kier molecular flexibility index (Phi) is 6.30. The Hall–Kier alpha value is -4.27. The van der Waals surface area contributed by atoms with E-state index in [1.807, 2.05) is 31.2 Å². The summed E-state index contributed by atoms with van der Waals surface area (Å²) >= 11 is 0. The molecular weight excluding hydrogens is 426 g/mol. The number of carbonyl (C=O) groups excluding carboxylic acids is 1. The number of rotatable bonds is 7. The molecule has 3 N–H and O–H groups in total. The minimum absolute atomic E-state index is 0.0825. The monoisotopic (exact) mass is 449 g/mol. The Balaban J connectivity index is 1.49. The fraction of sp³-hybridized carbons (Fsp3) is 0.208. The lowest BCUT2D eigenvalue weighted by Crippen LogP contribution is -2.36. The zero-order valence-electron chi connectivity index (χ0n) is 17.9. The van der Waals surface area contributed by atoms with Gasteiger partial charge in [-0.15, -0.1) is 0 Å². The van der Waals surface area contributed by atoms with E-state index < -0.39 is 18.0 Å². The Labute approximate surface area is 189 Å². The lowest BCUT2D eigenvalue weighted by molar-refractivity contribution is -0.137. The molecule has 0 aliphatic carbocycles. The fourth-order valence-electron chi connectivity index (χ4n) is 3.52. The third kappa shape index (κ3) is 5.32. The van der Waals surface area contributed by atoms with E-state index in [4.69, 9.17) is 9.47 Å². The van der Waals surface area contributed by atoms with Gasteiger partial charge in [-0.1, -0.05) is 35.9 Å². The van der Waals surface area contributed by atoms with Gasteiger partial charge in [-0.2, -0.15) is 0 Å². The molecule has 9 heteroatoms. The van der Waals surface area contributed by atoms with Crippen molar-refractivity contribution in [2.75, 3.05) is 12.1 Å². The number of aromatic nitrogens is 1. The minimum Gasteiger partial charge on any atom is -0.481 e. The largest absolute Gasteiger partial charge is 0.481 e. The Morgan fingerprint density at radius 2 is 1.85 bits per heavy atom. The molecule has 1 atom stereocenters. The van der Waals surface area contributed by atoms with Crippen LogP contribution in [0.3, 0.4) is 0 Å². The highest BCUT2D eigenvalue weighted by molar-refractivity contribution is 5.89. The highest BCUT2D eigenvalue weighted by atomic mass is 16.7. The smallest absolute Gasteiger partial charge is 0.319 e. The molecule has 0 saturated carbocycles. The Bertz CT molecular complexity index is 1240. The third-order valence-electron chi connectivity index (χ3n) is 5.22. The zero-order valence-corrected chi connectivity index (χ0v) is 17.9. The number of pyridine rings is 1. The summed E-state index contributed by atoms with van der Waals surface area (Å²) in [4.78, 5) is 36.9. The quantitative estimate of drug-likeness (QED) is 0.509. The van der Waals surface area contributed by atoms with Crippen LogP contribution in [0.5, 0.6) is 11.5 Å². The molecule has 33 heavy (non-hydrogen) atoms. The minimum atomic E-state index is -1.09. The van der Waals surface area contributed by atoms with Crippen molar-refractivity contribution in [3.05, 3.63) is 87.8 Å². The van der Waals surface area contributed by atoms with Crippen molar-refractivity contribution in [3.63, 3.8) is 0 Å². The van der Waals surface area contributed by atoms with Crippen molar-refractivity contribution in [2.45, 2.75) is 25.9 Å². The number of benzene rings is 2. The van der Waals surface area contributed by atoms with Gasteiger partial charge in [0.15, 0.2) is 11.5 Å². The van der Waals surface area contributed by atoms with Gasteiger partial charge in [-0.3, -0.25) is 9.59 Å². The van der Waals surface area contributed by atoms with Crippen molar-refractivity contribution in [3.8, 4) is 11.5 Å². The van der Waals surface area contributed by atoms with Gasteiger partial charge in [0.05, 0.1) is 19.0 Å². The van der Waals surface area contributed by atoms with Gasteiger partial charge >= 0.3 is 12.0 Å². The van der Waals surface area contributed by atoms with Crippen molar-refractivity contribution in [1.82, 2.24) is 9.88 Å². The number of carboxylic acids is 1. The van der Waals surface area contributed by atoms with Gasteiger partial charge in [0, 0.05) is 6.20 Å². The van der Waals surface area contributed by atoms with Crippen molar-refractivity contribution >= 4 is 17.7 Å². The van der Waals surface area contributed by atoms with Crippen LogP contribution < -0.4 is 25.7 Å². The number of hydrogen-bond donors (Lipinski definition) is 3. The number of fused-ring (bicyclic) bond motifs is 1. The first kappa shape index (κ1) is 21.9. The van der Waals surface area contributed by atoms with Crippen LogP contribution in [0.15, 0.2) is 65.6 Å². The number of nitrogens with zero attached hydrogens (tertiary/aromatic N) is 1. The normalized spacial score (nSPS) is 12.8. The van der Waals surface area contributed by atoms with E-state index in [2.05, 4.69) is 10.6 Å². The summed E-state index contributed by atoms with van der Waals surface area (Å²) in [7, 11) is 0. The molecule has 0 bridgehead atoms. The number of hydrogen-bond acceptors (Lipinski definition) is 5. The summed E-state index contributed by atoms with van der Waals surface area (Å²) in [5, 5.41) is 14.5. The highest BCUT2D eigenvalue weighted by Gasteiger charge is 2.22. The number of aryl methyl sites for hydroxylation is 1. The lowest BCUT2D eigenvalue weighted by atomic mass is 10.0.